The van der Waals surface area contributed by atoms with E-state index in [1.54, 1.807) is 6.92 Å². The van der Waals surface area contributed by atoms with E-state index in [1.165, 1.54) is 11.1 Å². The van der Waals surface area contributed by atoms with Crippen LogP contribution in [-0.2, 0) is 9.53 Å². The highest BCUT2D eigenvalue weighted by atomic mass is 16.5. The molecule has 0 aromatic heterocycles. The second-order valence-corrected chi connectivity index (χ2v) is 2.71. The van der Waals surface area contributed by atoms with E-state index in [4.69, 9.17) is 0 Å². The van der Waals surface area contributed by atoms with Crippen molar-refractivity contribution in [3.63, 3.8) is 0 Å². The molecule has 2 heteroatoms. The van der Waals surface area contributed by atoms with Gasteiger partial charge >= 0.3 is 0 Å². The summed E-state index contributed by atoms with van der Waals surface area (Å²) >= 11 is 0. The topological polar surface area (TPSA) is 26.3 Å². The van der Waals surface area contributed by atoms with Gasteiger partial charge in [0.1, 0.15) is 0 Å². The highest BCUT2D eigenvalue weighted by Crippen LogP contribution is 1.99. The number of hydrogen-bond acceptors (Lipinski definition) is 2. The van der Waals surface area contributed by atoms with E-state index in [0.717, 1.165) is 0 Å². The first-order valence-corrected chi connectivity index (χ1v) is 5.29. The van der Waals surface area contributed by atoms with Crippen molar-refractivity contribution >= 4 is 6.47 Å². The quantitative estimate of drug-likeness (QED) is 0.698. The lowest BCUT2D eigenvalue weighted by Gasteiger charge is -1.90. The van der Waals surface area contributed by atoms with Crippen molar-refractivity contribution in [3.8, 4) is 0 Å². The average Bonchev–Trinajstić information content (AvgIpc) is 2.27. The summed E-state index contributed by atoms with van der Waals surface area (Å²) in [4.78, 5) is 9.18. The van der Waals surface area contributed by atoms with Crippen molar-refractivity contribution in [1.29, 1.82) is 0 Å². The smallest absolute Gasteiger partial charge is 0.293 e. The fourth-order valence-electron chi connectivity index (χ4n) is 0.705. The van der Waals surface area contributed by atoms with Crippen LogP contribution >= 0.6 is 0 Å². The maximum absolute atomic E-state index is 9.18. The molecule has 0 atom stereocenters. The van der Waals surface area contributed by atoms with Crippen LogP contribution in [0.2, 0.25) is 0 Å². The molecule has 0 aliphatic carbocycles. The van der Waals surface area contributed by atoms with Gasteiger partial charge < -0.3 is 4.74 Å². The Bertz CT molecular complexity index is 206. The normalized spacial score (nSPS) is 7.53. The molecule has 0 aliphatic heterocycles. The van der Waals surface area contributed by atoms with Gasteiger partial charge in [0, 0.05) is 0 Å². The van der Waals surface area contributed by atoms with Gasteiger partial charge in [-0.1, -0.05) is 49.2 Å². The number of carbonyl (C=O) groups excluding carboxylic acids is 1. The molecule has 0 spiro atoms. The van der Waals surface area contributed by atoms with Crippen LogP contribution in [0.4, 0.5) is 0 Å². The molecule has 0 saturated carbocycles. The van der Waals surface area contributed by atoms with E-state index >= 15 is 0 Å². The molecule has 86 valence electrons. The standard InChI is InChI=1S/C8H10.C3H6O2.C2H6/c1-7-3-5-8(2)6-4-7;1-2-5-3-4;1-2/h3-6H,1-2H3;3H,2H2,1H3;1-2H3. The minimum absolute atomic E-state index is 0.431. The Hall–Kier alpha value is -1.31. The molecule has 0 unspecified atom stereocenters. The van der Waals surface area contributed by atoms with Gasteiger partial charge in [-0.3, -0.25) is 4.79 Å². The van der Waals surface area contributed by atoms with Gasteiger partial charge in [0.25, 0.3) is 6.47 Å². The first kappa shape index (κ1) is 16.1. The molecular formula is C13H22O2. The molecule has 0 aliphatic rings. The first-order chi connectivity index (χ1) is 7.20. The van der Waals surface area contributed by atoms with E-state index in [0.29, 0.717) is 13.1 Å². The van der Waals surface area contributed by atoms with Crippen molar-refractivity contribution in [2.24, 2.45) is 0 Å². The van der Waals surface area contributed by atoms with Crippen LogP contribution in [0.5, 0.6) is 0 Å². The summed E-state index contributed by atoms with van der Waals surface area (Å²) in [6, 6.07) is 8.48. The zero-order valence-electron chi connectivity index (χ0n) is 10.4. The van der Waals surface area contributed by atoms with E-state index in [9.17, 15) is 4.79 Å². The van der Waals surface area contributed by atoms with Gasteiger partial charge in [0.15, 0.2) is 0 Å². The molecule has 1 rings (SSSR count). The van der Waals surface area contributed by atoms with Crippen LogP contribution in [0, 0.1) is 13.8 Å². The van der Waals surface area contributed by atoms with Gasteiger partial charge in [-0.2, -0.15) is 0 Å². The van der Waals surface area contributed by atoms with Crippen LogP contribution in [0.15, 0.2) is 24.3 Å². The van der Waals surface area contributed by atoms with Crippen LogP contribution < -0.4 is 0 Å². The highest BCUT2D eigenvalue weighted by molar-refractivity contribution is 5.36. The Labute approximate surface area is 93.3 Å². The molecule has 1 aromatic carbocycles. The van der Waals surface area contributed by atoms with Gasteiger partial charge in [0.05, 0.1) is 6.61 Å². The Balaban J connectivity index is 0. The number of benzene rings is 1. The Morgan fingerprint density at radius 2 is 1.40 bits per heavy atom. The zero-order chi connectivity index (χ0) is 12.1. The summed E-state index contributed by atoms with van der Waals surface area (Å²) < 4.78 is 4.15. The summed E-state index contributed by atoms with van der Waals surface area (Å²) in [7, 11) is 0. The minimum Gasteiger partial charge on any atom is -0.468 e. The molecule has 0 fully saturated rings. The molecule has 1 aromatic rings. The number of ether oxygens (including phenoxy) is 1. The third kappa shape index (κ3) is 12.7. The van der Waals surface area contributed by atoms with Crippen molar-refractivity contribution in [1.82, 2.24) is 0 Å². The summed E-state index contributed by atoms with van der Waals surface area (Å²) in [6.07, 6.45) is 0. The number of rotatable bonds is 2. The van der Waals surface area contributed by atoms with Gasteiger partial charge in [-0.25, -0.2) is 0 Å². The molecule has 0 saturated heterocycles. The molecule has 0 bridgehead atoms. The number of aryl methyl sites for hydroxylation is 2. The van der Waals surface area contributed by atoms with E-state index < -0.39 is 0 Å². The zero-order valence-corrected chi connectivity index (χ0v) is 10.4. The maximum atomic E-state index is 9.18. The summed E-state index contributed by atoms with van der Waals surface area (Å²) in [5.41, 5.74) is 2.66. The Morgan fingerprint density at radius 3 is 1.53 bits per heavy atom. The fraction of sp³-hybridized carbons (Fsp3) is 0.462. The maximum Gasteiger partial charge on any atom is 0.293 e. The molecular weight excluding hydrogens is 188 g/mol. The number of carbonyl (C=O) groups is 1. The van der Waals surface area contributed by atoms with Crippen molar-refractivity contribution < 1.29 is 9.53 Å². The highest BCUT2D eigenvalue weighted by Gasteiger charge is 1.79. The number of hydrogen-bond donors (Lipinski definition) is 0. The molecule has 0 radical (unpaired) electrons. The first-order valence-electron chi connectivity index (χ1n) is 5.29. The van der Waals surface area contributed by atoms with Crippen molar-refractivity contribution in [3.05, 3.63) is 35.4 Å². The lowest BCUT2D eigenvalue weighted by Crippen LogP contribution is -1.80. The molecule has 15 heavy (non-hydrogen) atoms. The third-order valence-corrected chi connectivity index (χ3v) is 1.45. The van der Waals surface area contributed by atoms with E-state index in [1.807, 2.05) is 13.8 Å². The second-order valence-electron chi connectivity index (χ2n) is 2.71. The van der Waals surface area contributed by atoms with Crippen LogP contribution in [0.1, 0.15) is 31.9 Å². The minimum atomic E-state index is 0.431. The van der Waals surface area contributed by atoms with Gasteiger partial charge in [0.2, 0.25) is 0 Å². The average molecular weight is 210 g/mol. The Morgan fingerprint density at radius 1 is 1.07 bits per heavy atom. The molecule has 2 nitrogen and oxygen atoms in total. The van der Waals surface area contributed by atoms with Gasteiger partial charge in [-0.05, 0) is 20.8 Å². The second kappa shape index (κ2) is 12.7. The Kier molecular flexibility index (Phi) is 13.6. The summed E-state index contributed by atoms with van der Waals surface area (Å²) in [5.74, 6) is 0. The summed E-state index contributed by atoms with van der Waals surface area (Å²) in [5, 5.41) is 0. The predicted octanol–water partition coefficient (Wildman–Crippen LogP) is 3.51. The SMILES string of the molecule is CC.CCOC=O.Cc1ccc(C)cc1. The molecule has 0 amide bonds. The van der Waals surface area contributed by atoms with Gasteiger partial charge in [-0.15, -0.1) is 0 Å². The third-order valence-electron chi connectivity index (χ3n) is 1.45. The van der Waals surface area contributed by atoms with E-state index in [-0.39, 0.29) is 0 Å². The van der Waals surface area contributed by atoms with Crippen LogP contribution in [0.25, 0.3) is 0 Å². The fourth-order valence-corrected chi connectivity index (χ4v) is 0.705. The predicted molar refractivity (Wildman–Crippen MR) is 65.0 cm³/mol. The lowest BCUT2D eigenvalue weighted by molar-refractivity contribution is -0.128. The van der Waals surface area contributed by atoms with Crippen LogP contribution in [0.3, 0.4) is 0 Å². The summed E-state index contributed by atoms with van der Waals surface area (Å²) in [6.45, 7) is 10.9. The van der Waals surface area contributed by atoms with E-state index in [2.05, 4.69) is 42.8 Å². The van der Waals surface area contributed by atoms with Crippen molar-refractivity contribution in [2.75, 3.05) is 6.61 Å². The molecule has 0 heterocycles. The lowest BCUT2D eigenvalue weighted by atomic mass is 10.2. The van der Waals surface area contributed by atoms with Crippen molar-refractivity contribution in [2.45, 2.75) is 34.6 Å². The molecule has 0 N–H and O–H groups in total. The van der Waals surface area contributed by atoms with Crippen LogP contribution in [-0.4, -0.2) is 13.1 Å². The largest absolute Gasteiger partial charge is 0.468 e. The monoisotopic (exact) mass is 210 g/mol.